The quantitative estimate of drug-likeness (QED) is 0.664. The minimum Gasteiger partial charge on any atom is -0.381 e. The average molecular weight is 246 g/mol. The lowest BCUT2D eigenvalue weighted by atomic mass is 10.1. The highest BCUT2D eigenvalue weighted by atomic mass is 19.1. The molecule has 2 aromatic rings. The van der Waals surface area contributed by atoms with Crippen molar-refractivity contribution in [3.8, 4) is 6.01 Å². The van der Waals surface area contributed by atoms with Gasteiger partial charge in [-0.15, -0.1) is 0 Å². The van der Waals surface area contributed by atoms with E-state index in [1.165, 1.54) is 0 Å². The summed E-state index contributed by atoms with van der Waals surface area (Å²) in [6.45, 7) is 1.78. The topological polar surface area (TPSA) is 73.4 Å². The zero-order valence-corrected chi connectivity index (χ0v) is 9.67. The number of hydrogen-bond donors (Lipinski definition) is 1. The molecule has 0 amide bonds. The number of aromatic nitrogens is 2. The summed E-state index contributed by atoms with van der Waals surface area (Å²) in [6.07, 6.45) is 0.936. The third-order valence-corrected chi connectivity index (χ3v) is 2.20. The van der Waals surface area contributed by atoms with Gasteiger partial charge < -0.3 is 10.6 Å². The molecule has 5 nitrogen and oxygen atoms in total. The van der Waals surface area contributed by atoms with Crippen molar-refractivity contribution in [2.24, 2.45) is 5.16 Å². The number of hydrogen-bond acceptors (Lipinski definition) is 5. The van der Waals surface area contributed by atoms with Crippen LogP contribution in [0.3, 0.4) is 0 Å². The standard InChI is InChI=1S/C12H11FN4O/c1-8(9-5-3-2-4-6-9)17-18-12-15-7-10(13)11(14)16-12/h2-7H,1H3,(H2,14,15,16). The van der Waals surface area contributed by atoms with Gasteiger partial charge in [0.1, 0.15) is 0 Å². The summed E-state index contributed by atoms with van der Waals surface area (Å²) < 4.78 is 12.8. The summed E-state index contributed by atoms with van der Waals surface area (Å²) in [4.78, 5) is 12.2. The first-order valence-electron chi connectivity index (χ1n) is 5.22. The van der Waals surface area contributed by atoms with Gasteiger partial charge in [-0.25, -0.2) is 4.39 Å². The molecular weight excluding hydrogens is 235 g/mol. The van der Waals surface area contributed by atoms with Crippen molar-refractivity contribution < 1.29 is 9.23 Å². The van der Waals surface area contributed by atoms with E-state index >= 15 is 0 Å². The van der Waals surface area contributed by atoms with Gasteiger partial charge in [0.25, 0.3) is 0 Å². The molecule has 0 aliphatic carbocycles. The van der Waals surface area contributed by atoms with Crippen LogP contribution in [0.15, 0.2) is 41.7 Å². The molecule has 0 fully saturated rings. The van der Waals surface area contributed by atoms with Crippen molar-refractivity contribution in [3.63, 3.8) is 0 Å². The molecule has 1 aromatic carbocycles. The number of anilines is 1. The van der Waals surface area contributed by atoms with Crippen LogP contribution >= 0.6 is 0 Å². The maximum absolute atomic E-state index is 12.8. The molecule has 2 rings (SSSR count). The summed E-state index contributed by atoms with van der Waals surface area (Å²) in [6, 6.07) is 9.37. The van der Waals surface area contributed by atoms with Crippen LogP contribution in [-0.2, 0) is 0 Å². The fraction of sp³-hybridized carbons (Fsp3) is 0.0833. The fourth-order valence-electron chi connectivity index (χ4n) is 1.25. The summed E-state index contributed by atoms with van der Waals surface area (Å²) in [5, 5.41) is 3.85. The number of nitrogens with zero attached hydrogens (tertiary/aromatic N) is 3. The average Bonchev–Trinajstić information content (AvgIpc) is 2.41. The molecule has 0 radical (unpaired) electrons. The van der Waals surface area contributed by atoms with Crippen LogP contribution in [0.25, 0.3) is 0 Å². The Balaban J connectivity index is 2.13. The Kier molecular flexibility index (Phi) is 3.47. The molecule has 1 heterocycles. The van der Waals surface area contributed by atoms with E-state index in [0.717, 1.165) is 11.8 Å². The Morgan fingerprint density at radius 2 is 2.06 bits per heavy atom. The predicted octanol–water partition coefficient (Wildman–Crippen LogP) is 2.00. The second-order valence-electron chi connectivity index (χ2n) is 3.52. The van der Waals surface area contributed by atoms with E-state index in [2.05, 4.69) is 15.1 Å². The molecule has 0 saturated carbocycles. The Bertz CT molecular complexity index is 572. The van der Waals surface area contributed by atoms with E-state index in [1.54, 1.807) is 6.92 Å². The summed E-state index contributed by atoms with van der Waals surface area (Å²) in [5.41, 5.74) is 6.85. The van der Waals surface area contributed by atoms with Gasteiger partial charge in [0.2, 0.25) is 0 Å². The van der Waals surface area contributed by atoms with Gasteiger partial charge in [-0.1, -0.05) is 35.5 Å². The maximum atomic E-state index is 12.8. The minimum atomic E-state index is -0.689. The second-order valence-corrected chi connectivity index (χ2v) is 3.52. The number of nitrogens with two attached hydrogens (primary N) is 1. The molecule has 0 spiro atoms. The number of halogens is 1. The van der Waals surface area contributed by atoms with Gasteiger partial charge in [0.05, 0.1) is 11.9 Å². The van der Waals surface area contributed by atoms with Gasteiger partial charge in [0.15, 0.2) is 11.6 Å². The normalized spacial score (nSPS) is 11.3. The fourth-order valence-corrected chi connectivity index (χ4v) is 1.25. The zero-order chi connectivity index (χ0) is 13.0. The van der Waals surface area contributed by atoms with Gasteiger partial charge in [0, 0.05) is 0 Å². The second kappa shape index (κ2) is 5.22. The van der Waals surface area contributed by atoms with Crippen molar-refractivity contribution in [1.29, 1.82) is 0 Å². The van der Waals surface area contributed by atoms with Crippen molar-refractivity contribution in [3.05, 3.63) is 47.9 Å². The van der Waals surface area contributed by atoms with Crippen molar-refractivity contribution in [2.75, 3.05) is 5.73 Å². The van der Waals surface area contributed by atoms with Crippen molar-refractivity contribution in [2.45, 2.75) is 6.92 Å². The van der Waals surface area contributed by atoms with Gasteiger partial charge in [-0.2, -0.15) is 9.97 Å². The molecule has 0 atom stereocenters. The molecule has 1 aromatic heterocycles. The van der Waals surface area contributed by atoms with E-state index in [1.807, 2.05) is 30.3 Å². The summed E-state index contributed by atoms with van der Waals surface area (Å²) in [7, 11) is 0. The van der Waals surface area contributed by atoms with Crippen LogP contribution < -0.4 is 10.6 Å². The maximum Gasteiger partial charge on any atom is 0.347 e. The Morgan fingerprint density at radius 3 is 2.72 bits per heavy atom. The monoisotopic (exact) mass is 246 g/mol. The minimum absolute atomic E-state index is 0.0934. The highest BCUT2D eigenvalue weighted by Crippen LogP contribution is 2.10. The van der Waals surface area contributed by atoms with Crippen LogP contribution in [0.1, 0.15) is 12.5 Å². The van der Waals surface area contributed by atoms with Crippen LogP contribution in [0, 0.1) is 5.82 Å². The summed E-state index contributed by atoms with van der Waals surface area (Å²) in [5.74, 6) is -0.960. The largest absolute Gasteiger partial charge is 0.381 e. The first-order chi connectivity index (χ1) is 8.66. The highest BCUT2D eigenvalue weighted by Gasteiger charge is 2.04. The van der Waals surface area contributed by atoms with Gasteiger partial charge in [-0.3, -0.25) is 0 Å². The molecule has 0 bridgehead atoms. The lowest BCUT2D eigenvalue weighted by molar-refractivity contribution is 0.311. The number of nitrogen functional groups attached to an aromatic ring is 1. The Labute approximate surface area is 103 Å². The van der Waals surface area contributed by atoms with Crippen LogP contribution in [0.4, 0.5) is 10.2 Å². The van der Waals surface area contributed by atoms with Crippen molar-refractivity contribution in [1.82, 2.24) is 9.97 Å². The molecule has 0 saturated heterocycles. The van der Waals surface area contributed by atoms with Crippen LogP contribution in [0.2, 0.25) is 0 Å². The molecule has 18 heavy (non-hydrogen) atoms. The lowest BCUT2D eigenvalue weighted by Gasteiger charge is -2.01. The first-order valence-corrected chi connectivity index (χ1v) is 5.22. The number of rotatable bonds is 3. The Hall–Kier alpha value is -2.50. The molecule has 6 heteroatoms. The molecule has 92 valence electrons. The third kappa shape index (κ3) is 2.79. The number of oxime groups is 1. The smallest absolute Gasteiger partial charge is 0.347 e. The Morgan fingerprint density at radius 1 is 1.33 bits per heavy atom. The van der Waals surface area contributed by atoms with Gasteiger partial charge >= 0.3 is 6.01 Å². The molecule has 0 aliphatic heterocycles. The zero-order valence-electron chi connectivity index (χ0n) is 9.67. The van der Waals surface area contributed by atoms with Gasteiger partial charge in [-0.05, 0) is 12.5 Å². The molecule has 0 aliphatic rings. The molecule has 0 unspecified atom stereocenters. The van der Waals surface area contributed by atoms with E-state index < -0.39 is 5.82 Å². The van der Waals surface area contributed by atoms with Crippen LogP contribution in [0.5, 0.6) is 6.01 Å². The van der Waals surface area contributed by atoms with E-state index in [-0.39, 0.29) is 11.8 Å². The molecule has 2 N–H and O–H groups in total. The number of benzene rings is 1. The van der Waals surface area contributed by atoms with E-state index in [9.17, 15) is 4.39 Å². The molecular formula is C12H11FN4O. The third-order valence-electron chi connectivity index (χ3n) is 2.20. The predicted molar refractivity (Wildman–Crippen MR) is 65.7 cm³/mol. The van der Waals surface area contributed by atoms with E-state index in [4.69, 9.17) is 10.6 Å². The van der Waals surface area contributed by atoms with E-state index in [0.29, 0.717) is 5.71 Å². The lowest BCUT2D eigenvalue weighted by Crippen LogP contribution is -2.02. The summed E-state index contributed by atoms with van der Waals surface area (Å²) >= 11 is 0. The van der Waals surface area contributed by atoms with Crippen molar-refractivity contribution >= 4 is 11.5 Å². The SMILES string of the molecule is CC(=NOc1ncc(F)c(N)n1)c1ccccc1. The van der Waals surface area contributed by atoms with Crippen LogP contribution in [-0.4, -0.2) is 15.7 Å². The highest BCUT2D eigenvalue weighted by molar-refractivity contribution is 5.98. The first kappa shape index (κ1) is 12.0.